The molecule has 0 atom stereocenters. The molecule has 1 aromatic carbocycles. The molecule has 0 amide bonds. The van der Waals surface area contributed by atoms with Gasteiger partial charge in [-0.15, -0.1) is 0 Å². The minimum absolute atomic E-state index is 0.121. The molecule has 1 spiro atoms. The van der Waals surface area contributed by atoms with Crippen molar-refractivity contribution in [2.45, 2.75) is 19.3 Å². The highest BCUT2D eigenvalue weighted by Gasteiger charge is 2.47. The summed E-state index contributed by atoms with van der Waals surface area (Å²) in [5.74, 6) is 0.836. The second-order valence-corrected chi connectivity index (χ2v) is 5.12. The Morgan fingerprint density at radius 3 is 2.71 bits per heavy atom. The van der Waals surface area contributed by atoms with Crippen LogP contribution >= 0.6 is 0 Å². The van der Waals surface area contributed by atoms with Crippen LogP contribution in [-0.2, 0) is 0 Å². The molecule has 17 heavy (non-hydrogen) atoms. The van der Waals surface area contributed by atoms with Crippen LogP contribution in [0.1, 0.15) is 19.3 Å². The molecule has 0 N–H and O–H groups in total. The predicted molar refractivity (Wildman–Crippen MR) is 66.0 cm³/mol. The number of ether oxygens (including phenoxy) is 1. The third kappa shape index (κ3) is 1.74. The minimum Gasteiger partial charge on any atom is -0.477 e. The van der Waals surface area contributed by atoms with Crippen LogP contribution in [0.4, 0.5) is 5.69 Å². The fourth-order valence-electron chi connectivity index (χ4n) is 2.88. The smallest absolute Gasteiger partial charge is 0.174 e. The van der Waals surface area contributed by atoms with Crippen LogP contribution in [0.2, 0.25) is 0 Å². The number of hydrogen-bond acceptors (Lipinski definition) is 3. The third-order valence-corrected chi connectivity index (χ3v) is 3.96. The SMILES string of the molecule is N#CCOc1ccccc1N1CC2(CCC2)C1. The molecule has 3 heteroatoms. The van der Waals surface area contributed by atoms with Crippen molar-refractivity contribution in [3.63, 3.8) is 0 Å². The molecule has 1 aromatic rings. The van der Waals surface area contributed by atoms with E-state index >= 15 is 0 Å². The molecule has 1 saturated heterocycles. The molecule has 3 rings (SSSR count). The van der Waals surface area contributed by atoms with Gasteiger partial charge in [0.15, 0.2) is 6.61 Å². The highest BCUT2D eigenvalue weighted by atomic mass is 16.5. The quantitative estimate of drug-likeness (QED) is 0.797. The topological polar surface area (TPSA) is 36.3 Å². The van der Waals surface area contributed by atoms with Crippen molar-refractivity contribution in [3.8, 4) is 11.8 Å². The molecule has 0 radical (unpaired) electrons. The minimum atomic E-state index is 0.121. The summed E-state index contributed by atoms with van der Waals surface area (Å²) in [6, 6.07) is 10.0. The standard InChI is InChI=1S/C14H16N2O/c15-8-9-17-13-5-2-1-4-12(13)16-10-14(11-16)6-3-7-14/h1-2,4-5H,3,6-7,9-11H2. The van der Waals surface area contributed by atoms with Gasteiger partial charge in [0.25, 0.3) is 0 Å². The molecule has 2 aliphatic rings. The zero-order valence-electron chi connectivity index (χ0n) is 9.85. The Morgan fingerprint density at radius 2 is 2.06 bits per heavy atom. The Bertz CT molecular complexity index is 452. The maximum Gasteiger partial charge on any atom is 0.174 e. The Balaban J connectivity index is 1.72. The van der Waals surface area contributed by atoms with Gasteiger partial charge in [-0.3, -0.25) is 0 Å². The van der Waals surface area contributed by atoms with Crippen molar-refractivity contribution in [1.29, 1.82) is 5.26 Å². The predicted octanol–water partition coefficient (Wildman–Crippen LogP) is 2.58. The highest BCUT2D eigenvalue weighted by Crippen LogP contribution is 2.50. The number of rotatable bonds is 3. The fraction of sp³-hybridized carbons (Fsp3) is 0.500. The summed E-state index contributed by atoms with van der Waals surface area (Å²) >= 11 is 0. The van der Waals surface area contributed by atoms with Gasteiger partial charge in [-0.1, -0.05) is 18.6 Å². The second kappa shape index (κ2) is 3.96. The van der Waals surface area contributed by atoms with Gasteiger partial charge in [-0.25, -0.2) is 0 Å². The van der Waals surface area contributed by atoms with Gasteiger partial charge < -0.3 is 9.64 Å². The van der Waals surface area contributed by atoms with Crippen LogP contribution in [0, 0.1) is 16.7 Å². The van der Waals surface area contributed by atoms with E-state index in [-0.39, 0.29) is 6.61 Å². The van der Waals surface area contributed by atoms with Gasteiger partial charge in [-0.2, -0.15) is 5.26 Å². The number of hydrogen-bond donors (Lipinski definition) is 0. The first-order valence-electron chi connectivity index (χ1n) is 6.17. The van der Waals surface area contributed by atoms with E-state index in [1.807, 2.05) is 24.3 Å². The Morgan fingerprint density at radius 1 is 1.29 bits per heavy atom. The number of nitrogens with zero attached hydrogens (tertiary/aromatic N) is 2. The molecule has 0 aromatic heterocycles. The first-order valence-corrected chi connectivity index (χ1v) is 6.17. The zero-order chi connectivity index (χ0) is 11.7. The van der Waals surface area contributed by atoms with Crippen molar-refractivity contribution < 1.29 is 4.74 Å². The molecule has 1 aliphatic carbocycles. The van der Waals surface area contributed by atoms with Crippen LogP contribution in [0.5, 0.6) is 5.75 Å². The van der Waals surface area contributed by atoms with E-state index in [1.165, 1.54) is 19.3 Å². The van der Waals surface area contributed by atoms with Crippen molar-refractivity contribution >= 4 is 5.69 Å². The summed E-state index contributed by atoms with van der Waals surface area (Å²) in [5.41, 5.74) is 1.75. The lowest BCUT2D eigenvalue weighted by Crippen LogP contribution is -2.59. The van der Waals surface area contributed by atoms with E-state index < -0.39 is 0 Å². The Hall–Kier alpha value is -1.69. The van der Waals surface area contributed by atoms with E-state index in [9.17, 15) is 0 Å². The van der Waals surface area contributed by atoms with Crippen LogP contribution in [0.15, 0.2) is 24.3 Å². The number of anilines is 1. The molecular formula is C14H16N2O. The number of benzene rings is 1. The van der Waals surface area contributed by atoms with Crippen molar-refractivity contribution in [3.05, 3.63) is 24.3 Å². The van der Waals surface area contributed by atoms with Gasteiger partial charge in [0, 0.05) is 18.5 Å². The van der Waals surface area contributed by atoms with Gasteiger partial charge in [0.1, 0.15) is 11.8 Å². The second-order valence-electron chi connectivity index (χ2n) is 5.12. The maximum absolute atomic E-state index is 8.57. The van der Waals surface area contributed by atoms with E-state index in [0.717, 1.165) is 24.5 Å². The summed E-state index contributed by atoms with van der Waals surface area (Å²) in [6.45, 7) is 2.43. The van der Waals surface area contributed by atoms with Crippen LogP contribution in [0.25, 0.3) is 0 Å². The monoisotopic (exact) mass is 228 g/mol. The molecule has 0 bridgehead atoms. The summed E-state index contributed by atoms with van der Waals surface area (Å²) in [5, 5.41) is 8.57. The van der Waals surface area contributed by atoms with Crippen LogP contribution in [-0.4, -0.2) is 19.7 Å². The molecule has 88 valence electrons. The zero-order valence-corrected chi connectivity index (χ0v) is 9.85. The first-order chi connectivity index (χ1) is 8.33. The summed E-state index contributed by atoms with van der Waals surface area (Å²) in [6.07, 6.45) is 4.15. The van der Waals surface area contributed by atoms with Gasteiger partial charge in [0.05, 0.1) is 5.69 Å². The number of nitriles is 1. The molecule has 1 heterocycles. The van der Waals surface area contributed by atoms with Gasteiger partial charge in [-0.05, 0) is 25.0 Å². The molecule has 3 nitrogen and oxygen atoms in total. The van der Waals surface area contributed by atoms with Gasteiger partial charge >= 0.3 is 0 Å². The first kappa shape index (κ1) is 10.5. The van der Waals surface area contributed by atoms with Crippen molar-refractivity contribution in [2.24, 2.45) is 5.41 Å². The Kier molecular flexibility index (Phi) is 2.44. The number of para-hydroxylation sites is 2. The average molecular weight is 228 g/mol. The maximum atomic E-state index is 8.57. The van der Waals surface area contributed by atoms with Crippen molar-refractivity contribution in [1.82, 2.24) is 0 Å². The normalized spacial score (nSPS) is 20.3. The molecule has 1 aliphatic heterocycles. The third-order valence-electron chi connectivity index (χ3n) is 3.96. The fourth-order valence-corrected chi connectivity index (χ4v) is 2.88. The van der Waals surface area contributed by atoms with Crippen LogP contribution < -0.4 is 9.64 Å². The summed E-state index contributed by atoms with van der Waals surface area (Å²) < 4.78 is 5.46. The van der Waals surface area contributed by atoms with E-state index in [1.54, 1.807) is 0 Å². The van der Waals surface area contributed by atoms with E-state index in [4.69, 9.17) is 10.00 Å². The van der Waals surface area contributed by atoms with Gasteiger partial charge in [0.2, 0.25) is 0 Å². The summed E-state index contributed by atoms with van der Waals surface area (Å²) in [4.78, 5) is 2.37. The lowest BCUT2D eigenvalue weighted by atomic mass is 9.63. The largest absolute Gasteiger partial charge is 0.477 e. The average Bonchev–Trinajstić information content (AvgIpc) is 2.24. The molecule has 1 saturated carbocycles. The Labute approximate surface area is 102 Å². The summed E-state index contributed by atoms with van der Waals surface area (Å²) in [7, 11) is 0. The van der Waals surface area contributed by atoms with Crippen LogP contribution in [0.3, 0.4) is 0 Å². The van der Waals surface area contributed by atoms with Crippen molar-refractivity contribution in [2.75, 3.05) is 24.6 Å². The van der Waals surface area contributed by atoms with E-state index in [0.29, 0.717) is 5.41 Å². The lowest BCUT2D eigenvalue weighted by molar-refractivity contribution is 0.0898. The molecular weight excluding hydrogens is 212 g/mol. The highest BCUT2D eigenvalue weighted by molar-refractivity contribution is 5.60. The molecule has 2 fully saturated rings. The van der Waals surface area contributed by atoms with E-state index in [2.05, 4.69) is 11.0 Å². The lowest BCUT2D eigenvalue weighted by Gasteiger charge is -2.57. The molecule has 0 unspecified atom stereocenters.